The molecule has 0 radical (unpaired) electrons. The van der Waals surface area contributed by atoms with Crippen molar-refractivity contribution in [3.05, 3.63) is 97.2 Å². The maximum atomic E-state index is 12.5. The molecule has 0 aliphatic rings. The quantitative estimate of drug-likeness (QED) is 0.0421. The van der Waals surface area contributed by atoms with Gasteiger partial charge in [-0.3, -0.25) is 4.79 Å². The second-order valence-corrected chi connectivity index (χ2v) is 18.3. The molecule has 0 aliphatic carbocycles. The molecule has 0 heterocycles. The van der Waals surface area contributed by atoms with Crippen molar-refractivity contribution in [2.45, 2.75) is 270 Å². The van der Waals surface area contributed by atoms with E-state index in [1.54, 1.807) is 6.08 Å². The Labute approximate surface area is 398 Å². The fourth-order valence-electron chi connectivity index (χ4n) is 7.92. The summed E-state index contributed by atoms with van der Waals surface area (Å²) in [5.41, 5.74) is 0. The summed E-state index contributed by atoms with van der Waals surface area (Å²) in [4.78, 5) is 12.5. The fraction of sp³-hybridized carbons (Fsp3) is 0.717. The summed E-state index contributed by atoms with van der Waals surface area (Å²) in [7, 11) is 0. The molecule has 4 heteroatoms. The van der Waals surface area contributed by atoms with Crippen LogP contribution in [-0.4, -0.2) is 34.9 Å². The van der Waals surface area contributed by atoms with E-state index in [0.29, 0.717) is 6.42 Å². The number of carbonyl (C=O) groups is 1. The van der Waals surface area contributed by atoms with Crippen LogP contribution in [0.1, 0.15) is 258 Å². The van der Waals surface area contributed by atoms with Crippen LogP contribution in [0.5, 0.6) is 0 Å². The largest absolute Gasteiger partial charge is 0.394 e. The van der Waals surface area contributed by atoms with E-state index in [1.807, 2.05) is 6.08 Å². The normalized spacial score (nSPS) is 13.6. The molecule has 4 nitrogen and oxygen atoms in total. The van der Waals surface area contributed by atoms with Crippen LogP contribution < -0.4 is 5.32 Å². The second kappa shape index (κ2) is 54.6. The van der Waals surface area contributed by atoms with Crippen LogP contribution in [0.4, 0.5) is 0 Å². The van der Waals surface area contributed by atoms with E-state index in [-0.39, 0.29) is 12.5 Å². The van der Waals surface area contributed by atoms with Crippen LogP contribution in [0.15, 0.2) is 97.2 Å². The Morgan fingerprint density at radius 2 is 0.688 bits per heavy atom. The summed E-state index contributed by atoms with van der Waals surface area (Å²) in [5.74, 6) is -0.0973. The number of aliphatic hydroxyl groups is 2. The van der Waals surface area contributed by atoms with E-state index in [4.69, 9.17) is 0 Å². The third kappa shape index (κ3) is 50.3. The van der Waals surface area contributed by atoms with E-state index in [0.717, 1.165) is 83.5 Å². The van der Waals surface area contributed by atoms with Crippen molar-refractivity contribution >= 4 is 5.91 Å². The molecule has 0 aromatic rings. The Bertz CT molecular complexity index is 1190. The molecule has 0 bridgehead atoms. The number of unbranched alkanes of at least 4 members (excludes halogenated alkanes) is 28. The minimum atomic E-state index is -0.862. The Balaban J connectivity index is 3.61. The molecule has 0 aromatic carbocycles. The molecular weight excluding hydrogens is 783 g/mol. The number of allylic oxidation sites excluding steroid dienone is 15. The highest BCUT2D eigenvalue weighted by Crippen LogP contribution is 2.16. The lowest BCUT2D eigenvalue weighted by Gasteiger charge is -2.19. The lowest BCUT2D eigenvalue weighted by Crippen LogP contribution is -2.45. The Kier molecular flexibility index (Phi) is 52.3. The highest BCUT2D eigenvalue weighted by molar-refractivity contribution is 5.76. The van der Waals surface area contributed by atoms with Gasteiger partial charge in [-0.05, 0) is 77.0 Å². The Hall–Kier alpha value is -2.69. The molecule has 2 atom stereocenters. The van der Waals surface area contributed by atoms with E-state index >= 15 is 0 Å². The van der Waals surface area contributed by atoms with Gasteiger partial charge in [-0.1, -0.05) is 272 Å². The van der Waals surface area contributed by atoms with Gasteiger partial charge in [0, 0.05) is 6.42 Å². The smallest absolute Gasteiger partial charge is 0.220 e. The molecular formula is C60H105NO3. The van der Waals surface area contributed by atoms with Gasteiger partial charge in [-0.2, -0.15) is 0 Å². The van der Waals surface area contributed by atoms with Crippen LogP contribution >= 0.6 is 0 Å². The number of amides is 1. The molecule has 0 saturated carbocycles. The summed E-state index contributed by atoms with van der Waals surface area (Å²) >= 11 is 0. The van der Waals surface area contributed by atoms with Crippen LogP contribution in [0.25, 0.3) is 0 Å². The fourth-order valence-corrected chi connectivity index (χ4v) is 7.92. The standard InChI is InChI=1S/C60H105NO3/c1-3-5-7-9-11-13-15-17-19-21-23-25-27-29-30-32-33-35-37-39-41-43-45-47-49-51-53-55-59(63)58(57-62)61-60(64)56-54-52-50-48-46-44-42-40-38-36-34-31-28-26-24-22-20-18-16-14-12-10-8-6-4-2/h6,8,12,14,18,20,24,26,31,34,38,40,44,46,53,55,58-59,62-63H,3-5,7,9-11,13,15-17,19,21-23,25,27-30,32-33,35-37,39,41-43,45,47-52,54,56-57H2,1-2H3,(H,61,64)/b8-6-,14-12-,20-18-,26-24-,34-31-,40-38-,46-44-,55-53+. The van der Waals surface area contributed by atoms with Crippen molar-refractivity contribution in [2.24, 2.45) is 0 Å². The maximum absolute atomic E-state index is 12.5. The van der Waals surface area contributed by atoms with Crippen LogP contribution in [-0.2, 0) is 4.79 Å². The zero-order chi connectivity index (χ0) is 46.3. The van der Waals surface area contributed by atoms with E-state index in [9.17, 15) is 15.0 Å². The van der Waals surface area contributed by atoms with Gasteiger partial charge in [-0.15, -0.1) is 0 Å². The summed E-state index contributed by atoms with van der Waals surface area (Å²) in [6.45, 7) is 4.19. The van der Waals surface area contributed by atoms with Crippen LogP contribution in [0.3, 0.4) is 0 Å². The van der Waals surface area contributed by atoms with Gasteiger partial charge in [-0.25, -0.2) is 0 Å². The highest BCUT2D eigenvalue weighted by atomic mass is 16.3. The molecule has 1 amide bonds. The molecule has 0 saturated heterocycles. The molecule has 2 unspecified atom stereocenters. The number of hydrogen-bond acceptors (Lipinski definition) is 3. The third-order valence-electron chi connectivity index (χ3n) is 12.1. The molecule has 0 aromatic heterocycles. The molecule has 0 aliphatic heterocycles. The molecule has 0 fully saturated rings. The molecule has 0 spiro atoms. The van der Waals surface area contributed by atoms with Crippen molar-refractivity contribution < 1.29 is 15.0 Å². The SMILES string of the molecule is CC/C=C\C/C=C\C/C=C\C/C=C\C/C=C\C/C=C\C/C=C\CCCCCC(=O)NC(CO)C(O)/C=C/CCCCCCCCCCCCCCCCCCCCCCCCCCC. The number of aliphatic hydroxyl groups excluding tert-OH is 2. The number of nitrogens with one attached hydrogen (secondary N) is 1. The first kappa shape index (κ1) is 61.3. The molecule has 3 N–H and O–H groups in total. The predicted molar refractivity (Wildman–Crippen MR) is 285 cm³/mol. The van der Waals surface area contributed by atoms with E-state index in [1.165, 1.54) is 154 Å². The first-order valence-electron chi connectivity index (χ1n) is 27.5. The molecule has 368 valence electrons. The topological polar surface area (TPSA) is 69.6 Å². The minimum Gasteiger partial charge on any atom is -0.394 e. The average Bonchev–Trinajstić information content (AvgIpc) is 3.30. The van der Waals surface area contributed by atoms with E-state index in [2.05, 4.69) is 104 Å². The first-order valence-corrected chi connectivity index (χ1v) is 27.5. The van der Waals surface area contributed by atoms with Gasteiger partial charge >= 0.3 is 0 Å². The zero-order valence-corrected chi connectivity index (χ0v) is 42.3. The van der Waals surface area contributed by atoms with Gasteiger partial charge in [0.15, 0.2) is 0 Å². The maximum Gasteiger partial charge on any atom is 0.220 e. The van der Waals surface area contributed by atoms with Gasteiger partial charge in [0.1, 0.15) is 0 Å². The van der Waals surface area contributed by atoms with E-state index < -0.39 is 12.1 Å². The van der Waals surface area contributed by atoms with Crippen molar-refractivity contribution in [2.75, 3.05) is 6.61 Å². The monoisotopic (exact) mass is 888 g/mol. The zero-order valence-electron chi connectivity index (χ0n) is 42.3. The van der Waals surface area contributed by atoms with Gasteiger partial charge in [0.2, 0.25) is 5.91 Å². The number of carbonyl (C=O) groups excluding carboxylic acids is 1. The highest BCUT2D eigenvalue weighted by Gasteiger charge is 2.17. The Morgan fingerprint density at radius 3 is 1.03 bits per heavy atom. The first-order chi connectivity index (χ1) is 31.7. The van der Waals surface area contributed by atoms with Crippen LogP contribution in [0.2, 0.25) is 0 Å². The minimum absolute atomic E-state index is 0.0973. The average molecular weight is 889 g/mol. The third-order valence-corrected chi connectivity index (χ3v) is 12.1. The van der Waals surface area contributed by atoms with Gasteiger partial charge in [0.05, 0.1) is 18.8 Å². The Morgan fingerprint density at radius 1 is 0.391 bits per heavy atom. The van der Waals surface area contributed by atoms with Crippen molar-refractivity contribution in [3.63, 3.8) is 0 Å². The van der Waals surface area contributed by atoms with Gasteiger partial charge in [0.25, 0.3) is 0 Å². The second-order valence-electron chi connectivity index (χ2n) is 18.3. The van der Waals surface area contributed by atoms with Crippen molar-refractivity contribution in [1.82, 2.24) is 5.32 Å². The summed E-state index contributed by atoms with van der Waals surface area (Å²) < 4.78 is 0. The summed E-state index contributed by atoms with van der Waals surface area (Å²) in [6, 6.07) is -0.648. The van der Waals surface area contributed by atoms with Crippen molar-refractivity contribution in [1.29, 1.82) is 0 Å². The summed E-state index contributed by atoms with van der Waals surface area (Å²) in [5, 5.41) is 23.1. The van der Waals surface area contributed by atoms with Crippen LogP contribution in [0, 0.1) is 0 Å². The van der Waals surface area contributed by atoms with Gasteiger partial charge < -0.3 is 15.5 Å². The molecule has 0 rings (SSSR count). The predicted octanol–water partition coefficient (Wildman–Crippen LogP) is 18.1. The number of hydrogen-bond donors (Lipinski definition) is 3. The lowest BCUT2D eigenvalue weighted by atomic mass is 10.0. The lowest BCUT2D eigenvalue weighted by molar-refractivity contribution is -0.123. The number of rotatable bonds is 49. The summed E-state index contributed by atoms with van der Waals surface area (Å²) in [6.07, 6.45) is 81.3. The van der Waals surface area contributed by atoms with Crippen molar-refractivity contribution in [3.8, 4) is 0 Å². The molecule has 64 heavy (non-hydrogen) atoms.